The van der Waals surface area contributed by atoms with Crippen molar-refractivity contribution in [1.82, 2.24) is 9.97 Å². The van der Waals surface area contributed by atoms with Crippen molar-refractivity contribution < 1.29 is 5.11 Å². The Morgan fingerprint density at radius 3 is 2.95 bits per heavy atom. The van der Waals surface area contributed by atoms with E-state index in [9.17, 15) is 0 Å². The highest BCUT2D eigenvalue weighted by molar-refractivity contribution is 7.18. The number of rotatable bonds is 7. The number of aliphatic hydroxyl groups is 1. The predicted molar refractivity (Wildman–Crippen MR) is 85.8 cm³/mol. The van der Waals surface area contributed by atoms with Crippen LogP contribution in [0.1, 0.15) is 31.6 Å². The van der Waals surface area contributed by atoms with Crippen molar-refractivity contribution in [2.24, 2.45) is 5.92 Å². The van der Waals surface area contributed by atoms with Crippen LogP contribution in [-0.2, 0) is 6.42 Å². The van der Waals surface area contributed by atoms with Crippen molar-refractivity contribution in [2.45, 2.75) is 33.1 Å². The van der Waals surface area contributed by atoms with Crippen molar-refractivity contribution in [1.29, 1.82) is 0 Å². The first kappa shape index (κ1) is 15.5. The molecule has 0 bridgehead atoms. The largest absolute Gasteiger partial charge is 0.396 e. The molecule has 0 aromatic carbocycles. The van der Waals surface area contributed by atoms with Gasteiger partial charge in [0.15, 0.2) is 0 Å². The number of nitrogens with one attached hydrogen (secondary N) is 1. The first-order valence-corrected chi connectivity index (χ1v) is 8.14. The van der Waals surface area contributed by atoms with Crippen molar-refractivity contribution >= 4 is 39.0 Å². The smallest absolute Gasteiger partial charge is 0.225 e. The van der Waals surface area contributed by atoms with Crippen LogP contribution in [0.4, 0.5) is 5.82 Å². The zero-order valence-electron chi connectivity index (χ0n) is 11.8. The van der Waals surface area contributed by atoms with Crippen LogP contribution in [0.15, 0.2) is 6.07 Å². The van der Waals surface area contributed by atoms with Gasteiger partial charge >= 0.3 is 0 Å². The van der Waals surface area contributed by atoms with Crippen LogP contribution < -0.4 is 5.32 Å². The van der Waals surface area contributed by atoms with Gasteiger partial charge in [-0.1, -0.05) is 13.8 Å². The minimum atomic E-state index is 0.244. The number of halogens is 1. The van der Waals surface area contributed by atoms with Crippen molar-refractivity contribution in [2.75, 3.05) is 18.5 Å². The second-order valence-electron chi connectivity index (χ2n) is 4.98. The molecule has 0 saturated carbocycles. The van der Waals surface area contributed by atoms with Gasteiger partial charge in [0.25, 0.3) is 0 Å². The first-order chi connectivity index (χ1) is 9.63. The van der Waals surface area contributed by atoms with E-state index in [1.54, 1.807) is 11.3 Å². The van der Waals surface area contributed by atoms with Gasteiger partial charge in [-0.15, -0.1) is 11.3 Å². The summed E-state index contributed by atoms with van der Waals surface area (Å²) in [5.41, 5.74) is 0. The number of hydrogen-bond acceptors (Lipinski definition) is 5. The molecule has 1 atom stereocenters. The summed E-state index contributed by atoms with van der Waals surface area (Å²) in [5.74, 6) is 1.16. The minimum absolute atomic E-state index is 0.244. The van der Waals surface area contributed by atoms with Crippen molar-refractivity contribution in [3.63, 3.8) is 0 Å². The molecule has 0 saturated heterocycles. The number of anilines is 1. The molecule has 6 heteroatoms. The van der Waals surface area contributed by atoms with E-state index in [-0.39, 0.29) is 11.9 Å². The van der Waals surface area contributed by atoms with Gasteiger partial charge in [-0.3, -0.25) is 0 Å². The van der Waals surface area contributed by atoms with Gasteiger partial charge in [-0.25, -0.2) is 9.97 Å². The molecular formula is C14H20ClN3OS. The number of aryl methyl sites for hydroxylation is 1. The molecule has 1 unspecified atom stereocenters. The summed E-state index contributed by atoms with van der Waals surface area (Å²) in [6, 6.07) is 2.13. The van der Waals surface area contributed by atoms with Crippen LogP contribution in [0, 0.1) is 5.92 Å². The Hall–Kier alpha value is -0.910. The van der Waals surface area contributed by atoms with Crippen LogP contribution in [0.5, 0.6) is 0 Å². The third kappa shape index (κ3) is 3.81. The monoisotopic (exact) mass is 313 g/mol. The van der Waals surface area contributed by atoms with Gasteiger partial charge in [0.2, 0.25) is 5.28 Å². The minimum Gasteiger partial charge on any atom is -0.396 e. The van der Waals surface area contributed by atoms with Gasteiger partial charge in [0, 0.05) is 18.0 Å². The van der Waals surface area contributed by atoms with Crippen LogP contribution in [0.2, 0.25) is 5.28 Å². The van der Waals surface area contributed by atoms with E-state index in [4.69, 9.17) is 16.7 Å². The summed E-state index contributed by atoms with van der Waals surface area (Å²) in [4.78, 5) is 10.8. The highest BCUT2D eigenvalue weighted by Gasteiger charge is 2.10. The topological polar surface area (TPSA) is 58.0 Å². The zero-order valence-corrected chi connectivity index (χ0v) is 13.4. The van der Waals surface area contributed by atoms with E-state index in [1.165, 1.54) is 4.88 Å². The quantitative estimate of drug-likeness (QED) is 0.604. The van der Waals surface area contributed by atoms with E-state index in [0.29, 0.717) is 5.92 Å². The Morgan fingerprint density at radius 1 is 1.45 bits per heavy atom. The lowest BCUT2D eigenvalue weighted by Crippen LogP contribution is -2.08. The highest BCUT2D eigenvalue weighted by Crippen LogP contribution is 2.30. The summed E-state index contributed by atoms with van der Waals surface area (Å²) in [5, 5.41) is 13.7. The highest BCUT2D eigenvalue weighted by atomic mass is 35.5. The molecule has 2 heterocycles. The molecule has 110 valence electrons. The van der Waals surface area contributed by atoms with Crippen LogP contribution >= 0.6 is 22.9 Å². The van der Waals surface area contributed by atoms with Gasteiger partial charge < -0.3 is 10.4 Å². The molecule has 0 aliphatic rings. The van der Waals surface area contributed by atoms with Gasteiger partial charge in [0.05, 0.1) is 5.39 Å². The van der Waals surface area contributed by atoms with E-state index in [1.807, 2.05) is 6.92 Å². The summed E-state index contributed by atoms with van der Waals surface area (Å²) in [6.07, 6.45) is 2.98. The Bertz CT molecular complexity index is 573. The summed E-state index contributed by atoms with van der Waals surface area (Å²) in [7, 11) is 0. The first-order valence-electron chi connectivity index (χ1n) is 6.94. The summed E-state index contributed by atoms with van der Waals surface area (Å²) < 4.78 is 0. The average Bonchev–Trinajstić information content (AvgIpc) is 2.85. The molecule has 2 aromatic rings. The van der Waals surface area contributed by atoms with Gasteiger partial charge in [-0.05, 0) is 42.8 Å². The third-order valence-corrected chi connectivity index (χ3v) is 4.59. The number of fused-ring (bicyclic) bond motifs is 1. The van der Waals surface area contributed by atoms with Crippen molar-refractivity contribution in [3.8, 4) is 0 Å². The lowest BCUT2D eigenvalue weighted by atomic mass is 10.1. The fourth-order valence-electron chi connectivity index (χ4n) is 2.00. The maximum absolute atomic E-state index is 9.00. The molecule has 2 N–H and O–H groups in total. The molecular weight excluding hydrogens is 294 g/mol. The Morgan fingerprint density at radius 2 is 2.25 bits per heavy atom. The molecule has 2 rings (SSSR count). The summed E-state index contributed by atoms with van der Waals surface area (Å²) in [6.45, 7) is 5.24. The lowest BCUT2D eigenvalue weighted by Gasteiger charge is -2.09. The number of aliphatic hydroxyl groups excluding tert-OH is 1. The zero-order chi connectivity index (χ0) is 14.5. The number of aromatic nitrogens is 2. The second kappa shape index (κ2) is 7.20. The van der Waals surface area contributed by atoms with Crippen LogP contribution in [-0.4, -0.2) is 28.2 Å². The fraction of sp³-hybridized carbons (Fsp3) is 0.571. The van der Waals surface area contributed by atoms with Crippen LogP contribution in [0.25, 0.3) is 10.2 Å². The standard InChI is InChI=1S/C14H20ClN3OS/c1-3-10-7-11-12(16-6-4-5-9(2)8-19)17-14(15)18-13(11)20-10/h7,9,19H,3-6,8H2,1-2H3,(H,16,17,18). The van der Waals surface area contributed by atoms with E-state index in [2.05, 4.69) is 28.3 Å². The fourth-order valence-corrected chi connectivity index (χ4v) is 3.19. The molecule has 4 nitrogen and oxygen atoms in total. The number of hydrogen-bond donors (Lipinski definition) is 2. The Kier molecular flexibility index (Phi) is 5.57. The molecule has 0 spiro atoms. The van der Waals surface area contributed by atoms with Gasteiger partial charge in [0.1, 0.15) is 10.6 Å². The maximum Gasteiger partial charge on any atom is 0.225 e. The van der Waals surface area contributed by atoms with Crippen LogP contribution in [0.3, 0.4) is 0 Å². The molecule has 2 aromatic heterocycles. The predicted octanol–water partition coefficient (Wildman–Crippen LogP) is 3.73. The normalized spacial score (nSPS) is 12.8. The number of nitrogens with zero attached hydrogens (tertiary/aromatic N) is 2. The maximum atomic E-state index is 9.00. The Labute approximate surface area is 128 Å². The third-order valence-electron chi connectivity index (χ3n) is 3.24. The van der Waals surface area contributed by atoms with E-state index in [0.717, 1.165) is 41.8 Å². The molecule has 0 radical (unpaired) electrons. The van der Waals surface area contributed by atoms with Crippen molar-refractivity contribution in [3.05, 3.63) is 16.2 Å². The lowest BCUT2D eigenvalue weighted by molar-refractivity contribution is 0.229. The molecule has 0 amide bonds. The van der Waals surface area contributed by atoms with E-state index < -0.39 is 0 Å². The average molecular weight is 314 g/mol. The molecule has 20 heavy (non-hydrogen) atoms. The SMILES string of the molecule is CCc1cc2c(NCCCC(C)CO)nc(Cl)nc2s1. The molecule has 0 aliphatic heterocycles. The number of thiophene rings is 1. The van der Waals surface area contributed by atoms with Gasteiger partial charge in [-0.2, -0.15) is 0 Å². The van der Waals surface area contributed by atoms with E-state index >= 15 is 0 Å². The second-order valence-corrected chi connectivity index (χ2v) is 6.44. The summed E-state index contributed by atoms with van der Waals surface area (Å²) >= 11 is 7.64. The molecule has 0 aliphatic carbocycles. The Balaban J connectivity index is 2.06. The molecule has 0 fully saturated rings.